The fourth-order valence-corrected chi connectivity index (χ4v) is 23.5. The number of hydrogen-bond donors (Lipinski definition) is 10. The zero-order valence-corrected chi connectivity index (χ0v) is 84.1. The van der Waals surface area contributed by atoms with Crippen molar-refractivity contribution in [1.82, 2.24) is 63.1 Å². The molecular formula is C100H96Cl5F4N13O19S3. The largest absolute Gasteiger partial charge is 0.496 e. The number of nitrogens with zero attached hydrogens (tertiary/aromatic N) is 3. The number of aromatic nitrogens is 2. The predicted octanol–water partition coefficient (Wildman–Crippen LogP) is 14.7. The molecule has 1 atom stereocenters. The van der Waals surface area contributed by atoms with E-state index in [-0.39, 0.29) is 191 Å². The van der Waals surface area contributed by atoms with Crippen LogP contribution in [0.4, 0.5) is 17.6 Å². The molecule has 10 aromatic rings. The average Bonchev–Trinajstić information content (AvgIpc) is 0.977. The van der Waals surface area contributed by atoms with Crippen molar-refractivity contribution in [2.45, 2.75) is 184 Å². The first-order chi connectivity index (χ1) is 68.5. The van der Waals surface area contributed by atoms with Gasteiger partial charge in [0.2, 0.25) is 5.88 Å². The summed E-state index contributed by atoms with van der Waals surface area (Å²) in [6.07, 6.45) is 15.0. The molecule has 144 heavy (non-hydrogen) atoms. The highest BCUT2D eigenvalue weighted by atomic mass is 35.5. The fourth-order valence-electron chi connectivity index (χ4n) is 20.7. The molecule has 15 saturated carbocycles. The van der Waals surface area contributed by atoms with Crippen molar-refractivity contribution in [3.63, 3.8) is 0 Å². The number of aryl methyl sites for hydroxylation is 2. The zero-order chi connectivity index (χ0) is 103. The van der Waals surface area contributed by atoms with E-state index in [1.165, 1.54) is 83.9 Å². The van der Waals surface area contributed by atoms with Gasteiger partial charge < -0.3 is 90.7 Å². The molecule has 1 unspecified atom stereocenters. The Kier molecular flexibility index (Phi) is 30.4. The third-order valence-electron chi connectivity index (χ3n) is 26.6. The van der Waals surface area contributed by atoms with Gasteiger partial charge in [-0.25, -0.2) is 27.5 Å². The third kappa shape index (κ3) is 23.4. The number of nitrogens with one attached hydrogen (secondary N) is 10. The molecule has 0 saturated heterocycles. The molecule has 10 bridgehead atoms. The predicted molar refractivity (Wildman–Crippen MR) is 524 cm³/mol. The molecule has 4 heterocycles. The van der Waals surface area contributed by atoms with Gasteiger partial charge in [0.05, 0.1) is 65.5 Å². The quantitative estimate of drug-likeness (QED) is 0.0165. The minimum absolute atomic E-state index is 0.000921. The third-order valence-corrected chi connectivity index (χ3v) is 31.0. The molecule has 756 valence electrons. The number of hydrogen-bond acceptors (Lipinski definition) is 24. The molecule has 25 rings (SSSR count). The Balaban J connectivity index is 0.000000129. The van der Waals surface area contributed by atoms with E-state index in [9.17, 15) is 69.7 Å². The highest BCUT2D eigenvalue weighted by Crippen LogP contribution is 2.64. The molecule has 10 amide bonds. The first-order valence-corrected chi connectivity index (χ1v) is 50.7. The van der Waals surface area contributed by atoms with Gasteiger partial charge in [0.15, 0.2) is 45.1 Å². The van der Waals surface area contributed by atoms with Crippen molar-refractivity contribution >= 4 is 151 Å². The van der Waals surface area contributed by atoms with E-state index in [4.69, 9.17) is 101 Å². The lowest BCUT2D eigenvalue weighted by molar-refractivity contribution is -0.142. The van der Waals surface area contributed by atoms with E-state index in [2.05, 4.69) is 63.1 Å². The Morgan fingerprint density at radius 2 is 0.778 bits per heavy atom. The van der Waals surface area contributed by atoms with Crippen LogP contribution < -0.4 is 86.3 Å². The number of oxazole rings is 1. The molecule has 0 radical (unpaired) electrons. The minimum Gasteiger partial charge on any atom is -0.496 e. The molecule has 32 nitrogen and oxygen atoms in total. The number of benzene rings is 6. The molecule has 0 aliphatic heterocycles. The minimum atomic E-state index is -1.26. The fraction of sp³-hybridized carbons (Fsp3) is 0.370. The summed E-state index contributed by atoms with van der Waals surface area (Å²) in [5, 5.41) is 43.2. The Morgan fingerprint density at radius 3 is 1.14 bits per heavy atom. The van der Waals surface area contributed by atoms with E-state index in [0.717, 1.165) is 29.8 Å². The summed E-state index contributed by atoms with van der Waals surface area (Å²) < 4.78 is 108. The molecule has 0 spiro atoms. The maximum Gasteiger partial charge on any atom is 0.273 e. The van der Waals surface area contributed by atoms with Gasteiger partial charge in [-0.05, 0) is 218 Å². The van der Waals surface area contributed by atoms with Gasteiger partial charge in [0.25, 0.3) is 59.1 Å². The molecule has 44 heteroatoms. The van der Waals surface area contributed by atoms with Crippen molar-refractivity contribution in [2.75, 3.05) is 53.0 Å². The Morgan fingerprint density at radius 1 is 0.424 bits per heavy atom. The van der Waals surface area contributed by atoms with Crippen LogP contribution in [0.1, 0.15) is 178 Å². The van der Waals surface area contributed by atoms with Crippen molar-refractivity contribution in [3.8, 4) is 46.4 Å². The van der Waals surface area contributed by atoms with E-state index in [0.29, 0.717) is 175 Å². The van der Waals surface area contributed by atoms with E-state index in [1.54, 1.807) is 90.8 Å². The average molecular weight is 2130 g/mol. The zero-order valence-electron chi connectivity index (χ0n) is 77.9. The highest BCUT2D eigenvalue weighted by molar-refractivity contribution is 7.84. The molecule has 15 aliphatic carbocycles. The maximum absolute atomic E-state index is 13.4. The summed E-state index contributed by atoms with van der Waals surface area (Å²) in [5.74, 6) is -1.80. The number of pyridine rings is 1. The van der Waals surface area contributed by atoms with Crippen LogP contribution in [0.2, 0.25) is 25.1 Å². The van der Waals surface area contributed by atoms with Gasteiger partial charge in [0, 0.05) is 115 Å². The van der Waals surface area contributed by atoms with Crippen LogP contribution >= 0.6 is 80.7 Å². The van der Waals surface area contributed by atoms with Gasteiger partial charge in [-0.3, -0.25) is 52.2 Å². The number of nitriles is 1. The second kappa shape index (κ2) is 42.1. The number of carbonyl (C=O) groups is 10. The monoisotopic (exact) mass is 2130 g/mol. The molecule has 6 aromatic carbocycles. The molecule has 4 aromatic heterocycles. The van der Waals surface area contributed by atoms with Gasteiger partial charge in [-0.1, -0.05) is 77.1 Å². The van der Waals surface area contributed by atoms with Gasteiger partial charge in [-0.15, -0.1) is 22.7 Å². The first-order valence-electron chi connectivity index (χ1n) is 45.5. The lowest BCUT2D eigenvalue weighted by Crippen LogP contribution is -2.84. The van der Waals surface area contributed by atoms with Gasteiger partial charge >= 0.3 is 0 Å². The summed E-state index contributed by atoms with van der Waals surface area (Å²) in [6.45, 7) is 5.05. The smallest absolute Gasteiger partial charge is 0.273 e. The Bertz CT molecular complexity index is 6710. The van der Waals surface area contributed by atoms with Crippen LogP contribution in [0.15, 0.2) is 172 Å². The van der Waals surface area contributed by atoms with E-state index >= 15 is 0 Å². The first kappa shape index (κ1) is 104. The number of thiophene rings is 2. The van der Waals surface area contributed by atoms with Crippen molar-refractivity contribution in [1.29, 1.82) is 5.26 Å². The van der Waals surface area contributed by atoms with Gasteiger partial charge in [-0.2, -0.15) is 5.26 Å². The topological polar surface area (TPSA) is 435 Å². The van der Waals surface area contributed by atoms with Crippen molar-refractivity contribution < 1.29 is 107 Å². The molecule has 15 fully saturated rings. The number of halogens is 9. The number of carbonyl (C=O) groups excluding carboxylic acids is 10. The summed E-state index contributed by atoms with van der Waals surface area (Å²) in [6, 6.07) is 36.8. The van der Waals surface area contributed by atoms with Gasteiger partial charge in [0.1, 0.15) is 80.0 Å². The van der Waals surface area contributed by atoms with Crippen molar-refractivity contribution in [3.05, 3.63) is 255 Å². The second-order valence-electron chi connectivity index (χ2n) is 38.0. The summed E-state index contributed by atoms with van der Waals surface area (Å²) >= 11 is 31.0. The number of rotatable bonds is 35. The SMILES string of the molecule is CCOc1ncccc1C(=O)NC12CC(NC(=O)COc3ccc(Cl)c(F)c3)(C1)C2.CCc1ocnc1C(=O)NC12CC(NC(=O)COc3ccc(Cl)c(F)c3)(C1)C2.COc1csc(C(=O)NC23CC(NC(=O)COc4ccc(Cl)c(F)c4)(C2)C3)c1.CS(=O)c1ccccc1C(=O)NC12CC(NC(=O)COc3ccc(Cl)c(F)c3)(C1)C2.Cc1cc(OCC(=O)NC23CC(NC(=O)c4sccc4C#N)(C2)C3)ccc1Cl. The highest BCUT2D eigenvalue weighted by Gasteiger charge is 2.73. The lowest BCUT2D eigenvalue weighted by Gasteiger charge is -2.70. The van der Waals surface area contributed by atoms with Crippen LogP contribution in [0.5, 0.6) is 40.4 Å². The van der Waals surface area contributed by atoms with Crippen LogP contribution in [-0.4, -0.2) is 182 Å². The Hall–Kier alpha value is -12.8. The van der Waals surface area contributed by atoms with Crippen LogP contribution in [0.25, 0.3) is 0 Å². The second-order valence-corrected chi connectivity index (χ2v) is 43.2. The van der Waals surface area contributed by atoms with Crippen molar-refractivity contribution in [2.24, 2.45) is 0 Å². The van der Waals surface area contributed by atoms with Crippen LogP contribution in [0.3, 0.4) is 0 Å². The van der Waals surface area contributed by atoms with E-state index < -0.39 is 34.1 Å². The molecular weight excluding hydrogens is 2040 g/mol. The lowest BCUT2D eigenvalue weighted by atomic mass is 9.44. The standard InChI is InChI=1S/C21H21ClFN3O4.C21H20ClFN2O4S.C20H18ClN3O3S.C19H19ClFN3O4.C19H18ClFN2O4S/c1-2-29-19-14(4-3-7-24-19)18(28)26-21-10-20(11-21,12-21)25-17(27)9-30-13-5-6-15(22)16(23)8-13;1-30(28)17-5-3-2-4-14(17)19(27)25-21-10-20(11-21,12-21)24-18(26)9-29-13-6-7-15(22)16(23)8-13;1-12-6-14(2-3-15(12)21)27-8-16(25)23-19-9-20(10-19,11-19)24-18(26)17-13(7-22)4-5-28-17;1-2-14-16(22-10-28-14)17(26)24-19-7-18(8-19,9-19)23-15(25)6-27-11-3-4-12(20)13(21)5-11;1-26-12-5-15(28-7-12)17(25)23-19-8-18(9-19,10-19)22-16(24)6-27-11-2-3-13(20)14(21)4-11/h3-8H,2,9-12H2,1H3,(H,25,27)(H,26,28);2-8H,9-12H2,1H3,(H,24,26)(H,25,27);2-6H,8-11H2,1H3,(H,23,25)(H,24,26);3-5,10H,2,6-9H2,1H3,(H,23,25)(H,24,26);2-5,7H,6,8-10H2,1H3,(H,22,24)(H,23,25). The molecule has 10 N–H and O–H groups in total. The van der Waals surface area contributed by atoms with Crippen LogP contribution in [-0.2, 0) is 41.2 Å². The molecule has 15 aliphatic rings. The van der Waals surface area contributed by atoms with E-state index in [1.807, 2.05) is 26.8 Å². The number of methoxy groups -OCH3 is 1. The normalized spacial score (nSPS) is 24.4. The number of amides is 10. The summed E-state index contributed by atoms with van der Waals surface area (Å²) in [7, 11) is 0.300. The Labute approximate surface area is 858 Å². The summed E-state index contributed by atoms with van der Waals surface area (Å²) in [4.78, 5) is 133. The number of ether oxygens (including phenoxy) is 7. The summed E-state index contributed by atoms with van der Waals surface area (Å²) in [5.41, 5.74) is -0.581. The maximum atomic E-state index is 13.4. The van der Waals surface area contributed by atoms with Crippen LogP contribution in [0, 0.1) is 41.5 Å².